The molecule has 5 heteroatoms. The predicted molar refractivity (Wildman–Crippen MR) is 62.4 cm³/mol. The molecule has 1 aromatic rings. The Labute approximate surface area is 98.9 Å². The van der Waals surface area contributed by atoms with Crippen LogP contribution in [-0.2, 0) is 6.42 Å². The van der Waals surface area contributed by atoms with E-state index in [4.69, 9.17) is 5.11 Å². The third-order valence-corrected chi connectivity index (χ3v) is 4.23. The molecular formula is C11H17FN2OS. The molecule has 0 aromatic carbocycles. The molecule has 0 amide bonds. The van der Waals surface area contributed by atoms with E-state index in [0.717, 1.165) is 16.3 Å². The van der Waals surface area contributed by atoms with Crippen molar-refractivity contribution in [2.75, 3.05) is 19.7 Å². The highest BCUT2D eigenvalue weighted by molar-refractivity contribution is 7.11. The van der Waals surface area contributed by atoms with Crippen molar-refractivity contribution in [3.63, 3.8) is 0 Å². The number of fused-ring (bicyclic) bond motifs is 1. The number of β-amino-alcohol motifs (C(OH)–C–C–N with tert-alkyl or cyclic N) is 1. The van der Waals surface area contributed by atoms with Gasteiger partial charge in [0.25, 0.3) is 0 Å². The van der Waals surface area contributed by atoms with Gasteiger partial charge in [0.15, 0.2) is 6.30 Å². The summed E-state index contributed by atoms with van der Waals surface area (Å²) in [5, 5.41) is 9.86. The average Bonchev–Trinajstić information content (AvgIpc) is 2.67. The first-order valence-corrected chi connectivity index (χ1v) is 6.43. The number of halogens is 1. The lowest BCUT2D eigenvalue weighted by atomic mass is 10.1. The van der Waals surface area contributed by atoms with E-state index in [0.29, 0.717) is 24.7 Å². The Hall–Kier alpha value is -0.520. The molecule has 90 valence electrons. The van der Waals surface area contributed by atoms with Crippen molar-refractivity contribution in [2.24, 2.45) is 0 Å². The van der Waals surface area contributed by atoms with Crippen LogP contribution in [-0.4, -0.2) is 34.7 Å². The first-order valence-electron chi connectivity index (χ1n) is 5.62. The zero-order valence-corrected chi connectivity index (χ0v) is 10.4. The highest BCUT2D eigenvalue weighted by Crippen LogP contribution is 2.35. The lowest BCUT2D eigenvalue weighted by Crippen LogP contribution is -2.35. The number of aliphatic hydroxyl groups is 1. The summed E-state index contributed by atoms with van der Waals surface area (Å²) in [6.07, 6.45) is -0.292. The minimum absolute atomic E-state index is 0.00305. The van der Waals surface area contributed by atoms with Crippen molar-refractivity contribution in [3.8, 4) is 0 Å². The zero-order valence-electron chi connectivity index (χ0n) is 9.61. The van der Waals surface area contributed by atoms with Crippen molar-refractivity contribution in [1.82, 2.24) is 9.88 Å². The molecule has 2 rings (SSSR count). The average molecular weight is 244 g/mol. The summed E-state index contributed by atoms with van der Waals surface area (Å²) in [5.41, 5.74) is 0.577. The lowest BCUT2D eigenvalue weighted by Gasteiger charge is -2.28. The minimum atomic E-state index is -1.14. The molecule has 1 aliphatic rings. The molecule has 1 atom stereocenters. The lowest BCUT2D eigenvalue weighted by molar-refractivity contribution is 0.0525. The van der Waals surface area contributed by atoms with Crippen LogP contribution in [0.2, 0.25) is 0 Å². The number of alkyl halides is 1. The van der Waals surface area contributed by atoms with Gasteiger partial charge in [-0.1, -0.05) is 13.8 Å². The molecule has 1 aromatic heterocycles. The predicted octanol–water partition coefficient (Wildman–Crippen LogP) is 2.08. The van der Waals surface area contributed by atoms with Gasteiger partial charge in [-0.2, -0.15) is 0 Å². The second-order valence-corrected chi connectivity index (χ2v) is 5.48. The van der Waals surface area contributed by atoms with E-state index in [2.05, 4.69) is 18.8 Å². The number of aliphatic hydroxyl groups excluding tert-OH is 1. The Morgan fingerprint density at radius 3 is 3.00 bits per heavy atom. The van der Waals surface area contributed by atoms with Gasteiger partial charge >= 0.3 is 0 Å². The molecule has 1 unspecified atom stereocenters. The fourth-order valence-electron chi connectivity index (χ4n) is 1.88. The molecule has 1 N–H and O–H groups in total. The van der Waals surface area contributed by atoms with Crippen LogP contribution in [0.4, 0.5) is 4.39 Å². The molecule has 16 heavy (non-hydrogen) atoms. The molecule has 0 bridgehead atoms. The van der Waals surface area contributed by atoms with Crippen molar-refractivity contribution in [1.29, 1.82) is 0 Å². The maximum atomic E-state index is 14.1. The normalized spacial score (nSPS) is 21.4. The second-order valence-electron chi connectivity index (χ2n) is 4.36. The topological polar surface area (TPSA) is 36.4 Å². The summed E-state index contributed by atoms with van der Waals surface area (Å²) >= 11 is 1.63. The van der Waals surface area contributed by atoms with E-state index in [1.54, 1.807) is 16.2 Å². The summed E-state index contributed by atoms with van der Waals surface area (Å²) in [4.78, 5) is 7.10. The molecule has 0 saturated heterocycles. The Balaban J connectivity index is 2.23. The van der Waals surface area contributed by atoms with Gasteiger partial charge in [0.05, 0.1) is 11.6 Å². The number of hydrogen-bond donors (Lipinski definition) is 1. The van der Waals surface area contributed by atoms with Crippen LogP contribution in [0.5, 0.6) is 0 Å². The summed E-state index contributed by atoms with van der Waals surface area (Å²) in [7, 11) is 0. The zero-order chi connectivity index (χ0) is 11.7. The number of rotatable bonds is 3. The van der Waals surface area contributed by atoms with Crippen LogP contribution in [0.1, 0.15) is 41.6 Å². The SMILES string of the molecule is CC(C)c1nc2c(s1)CCN(CCO)C2F. The van der Waals surface area contributed by atoms with Gasteiger partial charge < -0.3 is 5.11 Å². The fourth-order valence-corrected chi connectivity index (χ4v) is 2.95. The Bertz CT molecular complexity index is 367. The highest BCUT2D eigenvalue weighted by atomic mass is 32.1. The van der Waals surface area contributed by atoms with Crippen LogP contribution in [0.3, 0.4) is 0 Å². The van der Waals surface area contributed by atoms with Crippen LogP contribution in [0.25, 0.3) is 0 Å². The van der Waals surface area contributed by atoms with E-state index in [1.807, 2.05) is 0 Å². The molecule has 1 aliphatic heterocycles. The Morgan fingerprint density at radius 1 is 1.62 bits per heavy atom. The summed E-state index contributed by atoms with van der Waals surface area (Å²) in [6, 6.07) is 0. The van der Waals surface area contributed by atoms with Gasteiger partial charge in [0.1, 0.15) is 5.69 Å². The van der Waals surface area contributed by atoms with E-state index in [1.165, 1.54) is 0 Å². The van der Waals surface area contributed by atoms with Gasteiger partial charge in [-0.05, 0) is 6.42 Å². The van der Waals surface area contributed by atoms with Crippen LogP contribution in [0, 0.1) is 0 Å². The number of nitrogens with zero attached hydrogens (tertiary/aromatic N) is 2. The standard InChI is InChI=1S/C11H17FN2OS/c1-7(2)11-13-9-8(16-11)3-4-14(5-6-15)10(9)12/h7,10,15H,3-6H2,1-2H3. The number of thiazole rings is 1. The van der Waals surface area contributed by atoms with Crippen molar-refractivity contribution in [3.05, 3.63) is 15.6 Å². The van der Waals surface area contributed by atoms with E-state index in [-0.39, 0.29) is 6.61 Å². The molecule has 0 fully saturated rings. The van der Waals surface area contributed by atoms with Gasteiger partial charge in [-0.25, -0.2) is 9.37 Å². The fraction of sp³-hybridized carbons (Fsp3) is 0.727. The largest absolute Gasteiger partial charge is 0.395 e. The molecule has 0 radical (unpaired) electrons. The highest BCUT2D eigenvalue weighted by Gasteiger charge is 2.30. The van der Waals surface area contributed by atoms with Gasteiger partial charge in [-0.3, -0.25) is 4.90 Å². The molecule has 0 aliphatic carbocycles. The van der Waals surface area contributed by atoms with Crippen molar-refractivity contribution >= 4 is 11.3 Å². The quantitative estimate of drug-likeness (QED) is 0.827. The van der Waals surface area contributed by atoms with Crippen LogP contribution >= 0.6 is 11.3 Å². The molecule has 3 nitrogen and oxygen atoms in total. The molecular weight excluding hydrogens is 227 g/mol. The first-order chi connectivity index (χ1) is 7.63. The maximum absolute atomic E-state index is 14.1. The summed E-state index contributed by atoms with van der Waals surface area (Å²) < 4.78 is 14.1. The van der Waals surface area contributed by atoms with Gasteiger partial charge in [0.2, 0.25) is 0 Å². The number of hydrogen-bond acceptors (Lipinski definition) is 4. The van der Waals surface area contributed by atoms with E-state index < -0.39 is 6.30 Å². The first kappa shape index (κ1) is 12.0. The van der Waals surface area contributed by atoms with Crippen molar-refractivity contribution in [2.45, 2.75) is 32.5 Å². The van der Waals surface area contributed by atoms with Crippen molar-refractivity contribution < 1.29 is 9.50 Å². The monoisotopic (exact) mass is 244 g/mol. The van der Waals surface area contributed by atoms with Crippen LogP contribution < -0.4 is 0 Å². The smallest absolute Gasteiger partial charge is 0.197 e. The minimum Gasteiger partial charge on any atom is -0.395 e. The van der Waals surface area contributed by atoms with E-state index in [9.17, 15) is 4.39 Å². The van der Waals surface area contributed by atoms with Gasteiger partial charge in [-0.15, -0.1) is 11.3 Å². The van der Waals surface area contributed by atoms with Gasteiger partial charge in [0, 0.05) is 23.9 Å². The maximum Gasteiger partial charge on any atom is 0.197 e. The Kier molecular flexibility index (Phi) is 3.56. The van der Waals surface area contributed by atoms with E-state index >= 15 is 0 Å². The number of aromatic nitrogens is 1. The Morgan fingerprint density at radius 2 is 2.38 bits per heavy atom. The second kappa shape index (κ2) is 4.77. The molecule has 0 saturated carbocycles. The van der Waals surface area contributed by atoms with Crippen LogP contribution in [0.15, 0.2) is 0 Å². The molecule has 0 spiro atoms. The third-order valence-electron chi connectivity index (χ3n) is 2.80. The molecule has 2 heterocycles. The summed E-state index contributed by atoms with van der Waals surface area (Å²) in [6.45, 7) is 5.20. The summed E-state index contributed by atoms with van der Waals surface area (Å²) in [5.74, 6) is 0.356. The third kappa shape index (κ3) is 2.12.